The second-order valence-corrected chi connectivity index (χ2v) is 14.5. The summed E-state index contributed by atoms with van der Waals surface area (Å²) in [5.41, 5.74) is 2.24. The number of carbonyl (C=O) groups is 2. The molecule has 8 atom stereocenters. The summed E-state index contributed by atoms with van der Waals surface area (Å²) in [6.07, 6.45) is 13.5. The number of fused-ring (bicyclic) bond motifs is 5. The molecule has 0 bridgehead atoms. The van der Waals surface area contributed by atoms with Crippen molar-refractivity contribution >= 4 is 11.9 Å². The number of amides is 3. The van der Waals surface area contributed by atoms with E-state index in [-0.39, 0.29) is 18.0 Å². The van der Waals surface area contributed by atoms with Gasteiger partial charge in [-0.2, -0.15) is 0 Å². The van der Waals surface area contributed by atoms with Gasteiger partial charge in [-0.05, 0) is 98.2 Å². The summed E-state index contributed by atoms with van der Waals surface area (Å²) >= 11 is 0. The molecule has 1 saturated heterocycles. The van der Waals surface area contributed by atoms with Crippen molar-refractivity contribution < 1.29 is 19.4 Å². The average molecular weight is 558 g/mol. The average Bonchev–Trinajstić information content (AvgIpc) is 3.31. The quantitative estimate of drug-likeness (QED) is 0.438. The number of piperazine rings is 1. The van der Waals surface area contributed by atoms with Crippen LogP contribution in [0.5, 0.6) is 0 Å². The number of urea groups is 1. The van der Waals surface area contributed by atoms with Crippen molar-refractivity contribution in [3.63, 3.8) is 0 Å². The Bertz CT molecular complexity index is 961. The fraction of sp³-hybridized carbons (Fsp3) is 0.879. The Morgan fingerprint density at radius 3 is 2.52 bits per heavy atom. The zero-order valence-corrected chi connectivity index (χ0v) is 25.9. The molecule has 7 heteroatoms. The van der Waals surface area contributed by atoms with Crippen LogP contribution in [-0.4, -0.2) is 91.3 Å². The third-order valence-corrected chi connectivity index (χ3v) is 12.5. The first-order valence-electron chi connectivity index (χ1n) is 16.2. The maximum absolute atomic E-state index is 13.2. The minimum Gasteiger partial charge on any atom is -0.393 e. The van der Waals surface area contributed by atoms with Crippen molar-refractivity contribution in [1.82, 2.24) is 14.7 Å². The van der Waals surface area contributed by atoms with Gasteiger partial charge in [0.15, 0.2) is 0 Å². The summed E-state index contributed by atoms with van der Waals surface area (Å²) < 4.78 is 5.09. The normalized spacial score (nSPS) is 38.1. The third-order valence-electron chi connectivity index (χ3n) is 12.5. The molecule has 3 saturated carbocycles. The summed E-state index contributed by atoms with van der Waals surface area (Å²) in [5, 5.41) is 10.3. The molecular formula is C33H55N3O4. The van der Waals surface area contributed by atoms with Crippen molar-refractivity contribution in [2.45, 2.75) is 91.1 Å². The van der Waals surface area contributed by atoms with Crippen LogP contribution in [0.3, 0.4) is 0 Å². The SMILES string of the molecule is COCCN(C)C(=O)N1CCN(C(=O)CCC(C)[C@H]2CC[C@H]3[C@@H]4CC=C5C[C@@H](O)CC[C@]5(C)[C@H]4CC[C@]23C)CC1. The van der Waals surface area contributed by atoms with Crippen LogP contribution in [0.25, 0.3) is 0 Å². The molecule has 0 aromatic carbocycles. The molecule has 5 aliphatic rings. The van der Waals surface area contributed by atoms with Crippen LogP contribution in [0.4, 0.5) is 4.79 Å². The maximum atomic E-state index is 13.2. The van der Waals surface area contributed by atoms with Crippen molar-refractivity contribution in [3.8, 4) is 0 Å². The summed E-state index contributed by atoms with van der Waals surface area (Å²) in [5.74, 6) is 3.88. The number of carbonyl (C=O) groups excluding carboxylic acids is 2. The molecule has 0 spiro atoms. The predicted molar refractivity (Wildman–Crippen MR) is 158 cm³/mol. The molecule has 40 heavy (non-hydrogen) atoms. The molecule has 1 heterocycles. The summed E-state index contributed by atoms with van der Waals surface area (Å²) in [6, 6.07) is 0.0243. The van der Waals surface area contributed by atoms with E-state index in [0.717, 1.165) is 43.4 Å². The molecule has 0 radical (unpaired) electrons. The number of likely N-dealkylation sites (N-methyl/N-ethyl adjacent to an activating group) is 1. The molecule has 0 aromatic rings. The lowest BCUT2D eigenvalue weighted by Gasteiger charge is -2.58. The molecule has 1 unspecified atom stereocenters. The highest BCUT2D eigenvalue weighted by Gasteiger charge is 2.59. The molecule has 4 fully saturated rings. The van der Waals surface area contributed by atoms with E-state index in [1.807, 2.05) is 16.8 Å². The van der Waals surface area contributed by atoms with Crippen LogP contribution < -0.4 is 0 Å². The minimum atomic E-state index is -0.136. The van der Waals surface area contributed by atoms with Gasteiger partial charge in [0.25, 0.3) is 0 Å². The number of hydrogen-bond donors (Lipinski definition) is 1. The van der Waals surface area contributed by atoms with E-state index >= 15 is 0 Å². The first kappa shape index (κ1) is 29.9. The molecule has 7 nitrogen and oxygen atoms in total. The number of rotatable bonds is 7. The van der Waals surface area contributed by atoms with Crippen LogP contribution in [0.2, 0.25) is 0 Å². The zero-order valence-electron chi connectivity index (χ0n) is 25.9. The van der Waals surface area contributed by atoms with Crippen LogP contribution >= 0.6 is 0 Å². The number of aliphatic hydroxyl groups is 1. The first-order chi connectivity index (χ1) is 19.1. The highest BCUT2D eigenvalue weighted by Crippen LogP contribution is 2.67. The molecule has 4 aliphatic carbocycles. The second kappa shape index (κ2) is 11.9. The van der Waals surface area contributed by atoms with Gasteiger partial charge in [-0.15, -0.1) is 0 Å². The van der Waals surface area contributed by atoms with Crippen molar-refractivity contribution in [2.24, 2.45) is 40.4 Å². The second-order valence-electron chi connectivity index (χ2n) is 14.5. The number of ether oxygens (including phenoxy) is 1. The van der Waals surface area contributed by atoms with Gasteiger partial charge >= 0.3 is 6.03 Å². The van der Waals surface area contributed by atoms with E-state index in [2.05, 4.69) is 26.8 Å². The fourth-order valence-electron chi connectivity index (χ4n) is 10.0. The van der Waals surface area contributed by atoms with E-state index in [0.29, 0.717) is 68.4 Å². The highest BCUT2D eigenvalue weighted by atomic mass is 16.5. The van der Waals surface area contributed by atoms with Gasteiger partial charge in [0.05, 0.1) is 12.7 Å². The van der Waals surface area contributed by atoms with Crippen LogP contribution in [0.1, 0.15) is 85.0 Å². The van der Waals surface area contributed by atoms with Crippen molar-refractivity contribution in [1.29, 1.82) is 0 Å². The van der Waals surface area contributed by atoms with E-state index in [1.54, 1.807) is 17.6 Å². The Morgan fingerprint density at radius 1 is 1.07 bits per heavy atom. The number of allylic oxidation sites excluding steroid dienone is 1. The largest absolute Gasteiger partial charge is 0.393 e. The predicted octanol–water partition coefficient (Wildman–Crippen LogP) is 5.19. The Balaban J connectivity index is 1.12. The Hall–Kier alpha value is -1.60. The number of aliphatic hydroxyl groups excluding tert-OH is 1. The van der Waals surface area contributed by atoms with Gasteiger partial charge in [0.2, 0.25) is 5.91 Å². The van der Waals surface area contributed by atoms with E-state index in [1.165, 1.54) is 32.1 Å². The number of methoxy groups -OCH3 is 1. The lowest BCUT2D eigenvalue weighted by atomic mass is 9.47. The Kier molecular flexibility index (Phi) is 8.92. The van der Waals surface area contributed by atoms with Gasteiger partial charge in [-0.25, -0.2) is 4.79 Å². The lowest BCUT2D eigenvalue weighted by Crippen LogP contribution is -2.53. The minimum absolute atomic E-state index is 0.0243. The van der Waals surface area contributed by atoms with Gasteiger partial charge in [0.1, 0.15) is 0 Å². The molecule has 226 valence electrons. The topological polar surface area (TPSA) is 73.3 Å². The van der Waals surface area contributed by atoms with E-state index < -0.39 is 0 Å². The van der Waals surface area contributed by atoms with Gasteiger partial charge in [0, 0.05) is 53.3 Å². The van der Waals surface area contributed by atoms with Crippen LogP contribution in [0, 0.1) is 40.4 Å². The highest BCUT2D eigenvalue weighted by molar-refractivity contribution is 5.77. The molecule has 1 aliphatic heterocycles. The van der Waals surface area contributed by atoms with E-state index in [9.17, 15) is 14.7 Å². The van der Waals surface area contributed by atoms with Crippen molar-refractivity contribution in [2.75, 3.05) is 53.5 Å². The standard InChI is InChI=1S/C33H55N3O4/c1-23(6-11-30(38)35-16-18-36(19-17-35)31(39)34(4)20-21-40-5)27-9-10-28-26-8-7-24-22-25(37)12-14-32(24,2)29(26)13-15-33(27,28)3/h7,23,25-29,37H,6,8-22H2,1-5H3/t23?,25-,26-,27+,28-,29-,32-,33+/m0/s1. The van der Waals surface area contributed by atoms with Gasteiger partial charge < -0.3 is 24.5 Å². The molecule has 3 amide bonds. The molecule has 0 aromatic heterocycles. The Morgan fingerprint density at radius 2 is 1.80 bits per heavy atom. The van der Waals surface area contributed by atoms with Gasteiger partial charge in [-0.3, -0.25) is 4.79 Å². The molecular weight excluding hydrogens is 502 g/mol. The monoisotopic (exact) mass is 557 g/mol. The van der Waals surface area contributed by atoms with Crippen molar-refractivity contribution in [3.05, 3.63) is 11.6 Å². The zero-order chi connectivity index (χ0) is 28.7. The van der Waals surface area contributed by atoms with Crippen LogP contribution in [-0.2, 0) is 9.53 Å². The fourth-order valence-corrected chi connectivity index (χ4v) is 10.0. The van der Waals surface area contributed by atoms with Gasteiger partial charge in [-0.1, -0.05) is 32.4 Å². The Labute approximate surface area is 242 Å². The summed E-state index contributed by atoms with van der Waals surface area (Å²) in [4.78, 5) is 31.4. The maximum Gasteiger partial charge on any atom is 0.319 e. The molecule has 5 rings (SSSR count). The lowest BCUT2D eigenvalue weighted by molar-refractivity contribution is -0.133. The van der Waals surface area contributed by atoms with E-state index in [4.69, 9.17) is 4.74 Å². The van der Waals surface area contributed by atoms with Crippen LogP contribution in [0.15, 0.2) is 11.6 Å². The summed E-state index contributed by atoms with van der Waals surface area (Å²) in [6.45, 7) is 11.1. The molecule has 1 N–H and O–H groups in total. The summed E-state index contributed by atoms with van der Waals surface area (Å²) in [7, 11) is 3.46. The number of nitrogens with zero attached hydrogens (tertiary/aromatic N) is 3. The third kappa shape index (κ3) is 5.46. The number of hydrogen-bond acceptors (Lipinski definition) is 4. The smallest absolute Gasteiger partial charge is 0.319 e. The first-order valence-corrected chi connectivity index (χ1v) is 16.2.